The zero-order valence-corrected chi connectivity index (χ0v) is 58.8. The molecule has 9 heteroatoms. The van der Waals surface area contributed by atoms with Crippen LogP contribution in [0.5, 0.6) is 0 Å². The Morgan fingerprint density at radius 3 is 0.966 bits per heavy atom. The molecule has 0 heterocycles. The van der Waals surface area contributed by atoms with E-state index in [1.165, 1.54) is 225 Å². The second-order valence-electron chi connectivity index (χ2n) is 26.2. The van der Waals surface area contributed by atoms with Crippen molar-refractivity contribution in [2.45, 2.75) is 347 Å². The van der Waals surface area contributed by atoms with Crippen LogP contribution in [0.3, 0.4) is 0 Å². The van der Waals surface area contributed by atoms with Crippen LogP contribution in [0.4, 0.5) is 0 Å². The highest BCUT2D eigenvalue weighted by Crippen LogP contribution is 2.18. The van der Waals surface area contributed by atoms with Gasteiger partial charge >= 0.3 is 17.9 Å². The van der Waals surface area contributed by atoms with E-state index in [4.69, 9.17) is 18.9 Å². The molecule has 0 aromatic carbocycles. The maximum Gasteiger partial charge on any atom is 0.361 e. The monoisotopic (exact) mass is 1250 g/mol. The Morgan fingerprint density at radius 2 is 0.640 bits per heavy atom. The Bertz CT molecular complexity index is 1790. The molecule has 0 aliphatic carbocycles. The number of nitrogens with zero attached hydrogens (tertiary/aromatic N) is 1. The zero-order valence-electron chi connectivity index (χ0n) is 58.8. The molecule has 0 fully saturated rings. The number of hydrogen-bond acceptors (Lipinski definition) is 7. The largest absolute Gasteiger partial charge is 0.477 e. The third-order valence-corrected chi connectivity index (χ3v) is 16.3. The Balaban J connectivity index is 4.05. The van der Waals surface area contributed by atoms with Crippen LogP contribution < -0.4 is 0 Å². The maximum atomic E-state index is 13.0. The lowest BCUT2D eigenvalue weighted by Crippen LogP contribution is -2.40. The lowest BCUT2D eigenvalue weighted by molar-refractivity contribution is -0.870. The van der Waals surface area contributed by atoms with Gasteiger partial charge in [0.1, 0.15) is 13.2 Å². The molecular weight excluding hydrogens is 1100 g/mol. The summed E-state index contributed by atoms with van der Waals surface area (Å²) >= 11 is 0. The third-order valence-electron chi connectivity index (χ3n) is 16.3. The SMILES string of the molecule is CC/C=C\C/C=C\C/C=C\C/C=C\C/C=C\C/C=C\C/C=C\CCCCCCCCCCCCCCCCCCCC(=O)OC(COC(=O)CCCCCCCCCCCCCCC/C=C\CCCCCCCCCC)COC(OCC[N+](C)(C)C)C(=O)O. The van der Waals surface area contributed by atoms with Gasteiger partial charge in [0.25, 0.3) is 6.29 Å². The first-order valence-electron chi connectivity index (χ1n) is 37.4. The number of carbonyl (C=O) groups is 3. The number of esters is 2. The number of carbonyl (C=O) groups excluding carboxylic acids is 2. The Morgan fingerprint density at radius 1 is 0.348 bits per heavy atom. The second kappa shape index (κ2) is 70.1. The van der Waals surface area contributed by atoms with Crippen molar-refractivity contribution in [1.82, 2.24) is 0 Å². The molecule has 9 nitrogen and oxygen atoms in total. The average Bonchev–Trinajstić information content (AvgIpc) is 3.64. The molecular formula is C80H142NO8+. The summed E-state index contributed by atoms with van der Waals surface area (Å²) in [7, 11) is 5.99. The highest BCUT2D eigenvalue weighted by atomic mass is 16.7. The number of hydrogen-bond donors (Lipinski definition) is 1. The molecule has 0 aromatic heterocycles. The highest BCUT2D eigenvalue weighted by Gasteiger charge is 2.25. The molecule has 0 spiro atoms. The number of quaternary nitrogens is 1. The lowest BCUT2D eigenvalue weighted by Gasteiger charge is -2.25. The van der Waals surface area contributed by atoms with Crippen LogP contribution in [0.15, 0.2) is 97.2 Å². The van der Waals surface area contributed by atoms with E-state index in [2.05, 4.69) is 111 Å². The standard InChI is InChI=1S/C80H141NO8/c1-6-8-10-12-14-16-18-20-22-24-26-28-30-32-33-34-35-36-37-38-39-40-41-42-43-44-45-47-49-51-53-55-57-59-61-63-65-67-69-71-78(83)89-76(75-88-80(79(84)85)86-73-72-81(3,4)5)74-87-77(82)70-68-66-64-62-60-58-56-54-52-50-48-46-31-29-27-25-23-21-19-17-15-13-11-9-7-2/h8,10,14,16,20,22,25-28,32-33,35-36,38-39,76,80H,6-7,9,11-13,15,17-19,21,23-24,29-31,34,37,40-75H2,1-5H3/p+1/b10-8-,16-14-,22-20-,27-25-,28-26-,33-32-,36-35-,39-38-. The van der Waals surface area contributed by atoms with E-state index in [9.17, 15) is 19.5 Å². The minimum absolute atomic E-state index is 0.181. The van der Waals surface area contributed by atoms with E-state index in [0.717, 1.165) is 83.5 Å². The molecule has 2 unspecified atom stereocenters. The Labute approximate surface area is 550 Å². The molecule has 0 amide bonds. The molecule has 89 heavy (non-hydrogen) atoms. The summed E-state index contributed by atoms with van der Waals surface area (Å²) < 4.78 is 23.0. The van der Waals surface area contributed by atoms with Gasteiger partial charge in [-0.05, 0) is 96.3 Å². The first-order valence-corrected chi connectivity index (χ1v) is 37.4. The van der Waals surface area contributed by atoms with Crippen molar-refractivity contribution in [3.63, 3.8) is 0 Å². The smallest absolute Gasteiger partial charge is 0.361 e. The van der Waals surface area contributed by atoms with Crippen LogP contribution in [0.25, 0.3) is 0 Å². The van der Waals surface area contributed by atoms with Gasteiger partial charge < -0.3 is 28.5 Å². The van der Waals surface area contributed by atoms with Crippen molar-refractivity contribution in [3.05, 3.63) is 97.2 Å². The van der Waals surface area contributed by atoms with Gasteiger partial charge in [0.15, 0.2) is 6.10 Å². The van der Waals surface area contributed by atoms with Gasteiger partial charge in [-0.15, -0.1) is 0 Å². The molecule has 1 N–H and O–H groups in total. The van der Waals surface area contributed by atoms with Gasteiger partial charge in [-0.3, -0.25) is 9.59 Å². The number of carboxylic acid groups (broad SMARTS) is 1. The van der Waals surface area contributed by atoms with Gasteiger partial charge in [0, 0.05) is 12.8 Å². The van der Waals surface area contributed by atoms with Crippen molar-refractivity contribution in [3.8, 4) is 0 Å². The Kier molecular flexibility index (Phi) is 67.1. The van der Waals surface area contributed by atoms with E-state index >= 15 is 0 Å². The van der Waals surface area contributed by atoms with E-state index in [1.54, 1.807) is 0 Å². The summed E-state index contributed by atoms with van der Waals surface area (Å²) in [6.07, 6.45) is 93.9. The first-order chi connectivity index (χ1) is 43.6. The van der Waals surface area contributed by atoms with Crippen molar-refractivity contribution in [2.75, 3.05) is 47.5 Å². The molecule has 514 valence electrons. The first kappa shape index (κ1) is 85.2. The summed E-state index contributed by atoms with van der Waals surface area (Å²) in [5.74, 6) is -1.99. The number of allylic oxidation sites excluding steroid dienone is 16. The van der Waals surface area contributed by atoms with E-state index in [1.807, 2.05) is 21.1 Å². The second-order valence-corrected chi connectivity index (χ2v) is 26.2. The summed E-state index contributed by atoms with van der Waals surface area (Å²) in [6.45, 7) is 4.80. The minimum Gasteiger partial charge on any atom is -0.477 e. The predicted molar refractivity (Wildman–Crippen MR) is 382 cm³/mol. The van der Waals surface area contributed by atoms with Crippen molar-refractivity contribution in [2.24, 2.45) is 0 Å². The summed E-state index contributed by atoms with van der Waals surface area (Å²) in [5.41, 5.74) is 0. The molecule has 0 aliphatic heterocycles. The van der Waals surface area contributed by atoms with Gasteiger partial charge in [0.2, 0.25) is 0 Å². The number of likely N-dealkylation sites (N-methyl/N-ethyl adjacent to an activating group) is 1. The summed E-state index contributed by atoms with van der Waals surface area (Å²) in [4.78, 5) is 37.7. The van der Waals surface area contributed by atoms with Crippen LogP contribution in [0.1, 0.15) is 335 Å². The number of ether oxygens (including phenoxy) is 4. The van der Waals surface area contributed by atoms with Gasteiger partial charge in [-0.25, -0.2) is 4.79 Å². The Hall–Kier alpha value is -3.79. The van der Waals surface area contributed by atoms with Crippen LogP contribution >= 0.6 is 0 Å². The quantitative estimate of drug-likeness (QED) is 0.0211. The molecule has 0 aromatic rings. The van der Waals surface area contributed by atoms with Crippen molar-refractivity contribution in [1.29, 1.82) is 0 Å². The molecule has 0 radical (unpaired) electrons. The molecule has 0 rings (SSSR count). The van der Waals surface area contributed by atoms with Crippen LogP contribution in [0, 0.1) is 0 Å². The molecule has 0 saturated heterocycles. The van der Waals surface area contributed by atoms with Gasteiger partial charge in [-0.1, -0.05) is 323 Å². The van der Waals surface area contributed by atoms with E-state index in [0.29, 0.717) is 17.4 Å². The predicted octanol–water partition coefficient (Wildman–Crippen LogP) is 23.6. The van der Waals surface area contributed by atoms with Crippen molar-refractivity contribution >= 4 is 17.9 Å². The number of carboxylic acids is 1. The van der Waals surface area contributed by atoms with Crippen LogP contribution in [0.2, 0.25) is 0 Å². The highest BCUT2D eigenvalue weighted by molar-refractivity contribution is 5.71. The van der Waals surface area contributed by atoms with Crippen molar-refractivity contribution < 1.29 is 42.9 Å². The van der Waals surface area contributed by atoms with E-state index < -0.39 is 24.3 Å². The minimum atomic E-state index is -1.51. The fraction of sp³-hybridized carbons (Fsp3) is 0.762. The zero-order chi connectivity index (χ0) is 64.7. The number of aliphatic carboxylic acids is 1. The topological polar surface area (TPSA) is 108 Å². The fourth-order valence-corrected chi connectivity index (χ4v) is 10.6. The lowest BCUT2D eigenvalue weighted by atomic mass is 10.0. The molecule has 0 aliphatic rings. The van der Waals surface area contributed by atoms with Gasteiger partial charge in [0.05, 0.1) is 34.4 Å². The number of rotatable bonds is 69. The van der Waals surface area contributed by atoms with E-state index in [-0.39, 0.29) is 32.2 Å². The average molecular weight is 1250 g/mol. The summed E-state index contributed by atoms with van der Waals surface area (Å²) in [5, 5.41) is 9.76. The normalized spacial score (nSPS) is 13.2. The van der Waals surface area contributed by atoms with Crippen LogP contribution in [-0.2, 0) is 33.3 Å². The molecule has 0 bridgehead atoms. The third kappa shape index (κ3) is 71.5. The number of unbranched alkanes of at least 4 members (excludes halogenated alkanes) is 38. The fourth-order valence-electron chi connectivity index (χ4n) is 10.6. The summed E-state index contributed by atoms with van der Waals surface area (Å²) in [6, 6.07) is 0. The maximum absolute atomic E-state index is 13.0. The van der Waals surface area contributed by atoms with Gasteiger partial charge in [-0.2, -0.15) is 0 Å². The van der Waals surface area contributed by atoms with Crippen LogP contribution in [-0.4, -0.2) is 87.4 Å². The molecule has 2 atom stereocenters. The molecule has 0 saturated carbocycles.